The SMILES string of the molecule is Cc1ccc(SCC(=O)N(C)Cc2n[nH]c(C)n2)cc1. The summed E-state index contributed by atoms with van der Waals surface area (Å²) in [6, 6.07) is 8.16. The number of rotatable bonds is 5. The van der Waals surface area contributed by atoms with Crippen LogP contribution in [0.1, 0.15) is 17.2 Å². The molecule has 20 heavy (non-hydrogen) atoms. The van der Waals surface area contributed by atoms with Gasteiger partial charge in [0.05, 0.1) is 12.3 Å². The third-order valence-corrected chi connectivity index (χ3v) is 3.83. The number of amides is 1. The van der Waals surface area contributed by atoms with Gasteiger partial charge in [0, 0.05) is 11.9 Å². The summed E-state index contributed by atoms with van der Waals surface area (Å²) in [6.45, 7) is 4.31. The first kappa shape index (κ1) is 14.6. The van der Waals surface area contributed by atoms with Gasteiger partial charge in [0.2, 0.25) is 5.91 Å². The summed E-state index contributed by atoms with van der Waals surface area (Å²) in [4.78, 5) is 19.0. The van der Waals surface area contributed by atoms with Gasteiger partial charge in [-0.15, -0.1) is 11.8 Å². The highest BCUT2D eigenvalue weighted by molar-refractivity contribution is 8.00. The first-order chi connectivity index (χ1) is 9.54. The molecule has 6 heteroatoms. The zero-order valence-corrected chi connectivity index (χ0v) is 12.7. The minimum atomic E-state index is 0.0676. The van der Waals surface area contributed by atoms with Crippen LogP contribution in [-0.4, -0.2) is 38.8 Å². The summed E-state index contributed by atoms with van der Waals surface area (Å²) in [5.41, 5.74) is 1.22. The lowest BCUT2D eigenvalue weighted by Crippen LogP contribution is -2.28. The average Bonchev–Trinajstić information content (AvgIpc) is 2.83. The number of hydrogen-bond donors (Lipinski definition) is 1. The fourth-order valence-corrected chi connectivity index (χ4v) is 2.49. The lowest BCUT2D eigenvalue weighted by atomic mass is 10.2. The Morgan fingerprint density at radius 3 is 2.60 bits per heavy atom. The largest absolute Gasteiger partial charge is 0.337 e. The third kappa shape index (κ3) is 4.09. The molecule has 0 aliphatic rings. The first-order valence-electron chi connectivity index (χ1n) is 6.36. The maximum Gasteiger partial charge on any atom is 0.233 e. The van der Waals surface area contributed by atoms with Crippen LogP contribution in [0, 0.1) is 13.8 Å². The average molecular weight is 290 g/mol. The van der Waals surface area contributed by atoms with Crippen LogP contribution in [0.15, 0.2) is 29.2 Å². The Morgan fingerprint density at radius 1 is 1.30 bits per heavy atom. The van der Waals surface area contributed by atoms with Crippen molar-refractivity contribution in [1.29, 1.82) is 0 Å². The summed E-state index contributed by atoms with van der Waals surface area (Å²) < 4.78 is 0. The summed E-state index contributed by atoms with van der Waals surface area (Å²) in [6.07, 6.45) is 0. The van der Waals surface area contributed by atoms with Gasteiger partial charge in [0.25, 0.3) is 0 Å². The van der Waals surface area contributed by atoms with Crippen molar-refractivity contribution in [2.45, 2.75) is 25.3 Å². The molecule has 1 amide bonds. The van der Waals surface area contributed by atoms with Crippen LogP contribution >= 0.6 is 11.8 Å². The highest BCUT2D eigenvalue weighted by Gasteiger charge is 2.12. The molecule has 0 bridgehead atoms. The fraction of sp³-hybridized carbons (Fsp3) is 0.357. The molecule has 2 rings (SSSR count). The number of aryl methyl sites for hydroxylation is 2. The van der Waals surface area contributed by atoms with Gasteiger partial charge >= 0.3 is 0 Å². The van der Waals surface area contributed by atoms with E-state index in [0.29, 0.717) is 18.1 Å². The minimum Gasteiger partial charge on any atom is -0.337 e. The molecule has 0 radical (unpaired) electrons. The summed E-state index contributed by atoms with van der Waals surface area (Å²) in [7, 11) is 1.77. The summed E-state index contributed by atoms with van der Waals surface area (Å²) >= 11 is 1.54. The topological polar surface area (TPSA) is 61.9 Å². The maximum absolute atomic E-state index is 12.0. The third-order valence-electron chi connectivity index (χ3n) is 2.83. The number of H-pyrrole nitrogens is 1. The van der Waals surface area contributed by atoms with Crippen LogP contribution in [0.3, 0.4) is 0 Å². The Bertz CT molecular complexity index is 579. The van der Waals surface area contributed by atoms with Gasteiger partial charge in [0.15, 0.2) is 5.82 Å². The summed E-state index contributed by atoms with van der Waals surface area (Å²) in [5.74, 6) is 1.88. The van der Waals surface area contributed by atoms with Crippen molar-refractivity contribution in [3.8, 4) is 0 Å². The van der Waals surface area contributed by atoms with Crippen LogP contribution in [-0.2, 0) is 11.3 Å². The van der Waals surface area contributed by atoms with Crippen LogP contribution < -0.4 is 0 Å². The number of thioether (sulfide) groups is 1. The van der Waals surface area contributed by atoms with Gasteiger partial charge in [-0.25, -0.2) is 4.98 Å². The number of aromatic nitrogens is 3. The predicted octanol–water partition coefficient (Wildman–Crippen LogP) is 2.17. The number of benzene rings is 1. The number of aromatic amines is 1. The molecule has 1 aromatic carbocycles. The van der Waals surface area contributed by atoms with E-state index in [4.69, 9.17) is 0 Å². The zero-order chi connectivity index (χ0) is 14.5. The monoisotopic (exact) mass is 290 g/mol. The zero-order valence-electron chi connectivity index (χ0n) is 11.9. The molecular formula is C14H18N4OS. The van der Waals surface area contributed by atoms with Gasteiger partial charge in [-0.3, -0.25) is 9.89 Å². The Labute approximate surface area is 122 Å². The van der Waals surface area contributed by atoms with E-state index in [-0.39, 0.29) is 5.91 Å². The normalized spacial score (nSPS) is 10.6. The Hall–Kier alpha value is -1.82. The molecule has 106 valence electrons. The lowest BCUT2D eigenvalue weighted by Gasteiger charge is -2.14. The molecule has 1 N–H and O–H groups in total. The molecule has 0 unspecified atom stereocenters. The Kier molecular flexibility index (Phi) is 4.79. The predicted molar refractivity (Wildman–Crippen MR) is 79.5 cm³/mol. The molecule has 0 atom stereocenters. The molecule has 0 saturated heterocycles. The van der Waals surface area contributed by atoms with Crippen molar-refractivity contribution in [3.63, 3.8) is 0 Å². The van der Waals surface area contributed by atoms with Crippen molar-refractivity contribution in [2.75, 3.05) is 12.8 Å². The van der Waals surface area contributed by atoms with Crippen LogP contribution in [0.2, 0.25) is 0 Å². The van der Waals surface area contributed by atoms with Crippen LogP contribution in [0.4, 0.5) is 0 Å². The molecule has 0 saturated carbocycles. The van der Waals surface area contributed by atoms with Crippen molar-refractivity contribution >= 4 is 17.7 Å². The lowest BCUT2D eigenvalue weighted by molar-refractivity contribution is -0.127. The van der Waals surface area contributed by atoms with E-state index in [1.165, 1.54) is 5.56 Å². The van der Waals surface area contributed by atoms with E-state index in [1.807, 2.05) is 38.1 Å². The Morgan fingerprint density at radius 2 is 2.00 bits per heavy atom. The van der Waals surface area contributed by atoms with Crippen molar-refractivity contribution in [2.24, 2.45) is 0 Å². The highest BCUT2D eigenvalue weighted by atomic mass is 32.2. The first-order valence-corrected chi connectivity index (χ1v) is 7.34. The second-order valence-electron chi connectivity index (χ2n) is 4.69. The number of hydrogen-bond acceptors (Lipinski definition) is 4. The fourth-order valence-electron chi connectivity index (χ4n) is 1.65. The van der Waals surface area contributed by atoms with E-state index in [0.717, 1.165) is 10.7 Å². The molecule has 1 heterocycles. The molecule has 0 spiro atoms. The van der Waals surface area contributed by atoms with E-state index in [2.05, 4.69) is 15.2 Å². The molecular weight excluding hydrogens is 272 g/mol. The highest BCUT2D eigenvalue weighted by Crippen LogP contribution is 2.18. The second-order valence-corrected chi connectivity index (χ2v) is 5.74. The molecule has 0 aliphatic carbocycles. The van der Waals surface area contributed by atoms with Crippen LogP contribution in [0.25, 0.3) is 0 Å². The standard InChI is InChI=1S/C14H18N4OS/c1-10-4-6-12(7-5-10)20-9-14(19)18(3)8-13-15-11(2)16-17-13/h4-7H,8-9H2,1-3H3,(H,15,16,17). The van der Waals surface area contributed by atoms with Crippen molar-refractivity contribution < 1.29 is 4.79 Å². The molecule has 5 nitrogen and oxygen atoms in total. The van der Waals surface area contributed by atoms with Gasteiger partial charge in [0.1, 0.15) is 5.82 Å². The van der Waals surface area contributed by atoms with Gasteiger partial charge in [-0.05, 0) is 26.0 Å². The van der Waals surface area contributed by atoms with Crippen molar-refractivity contribution in [1.82, 2.24) is 20.1 Å². The minimum absolute atomic E-state index is 0.0676. The number of nitrogens with one attached hydrogen (secondary N) is 1. The van der Waals surface area contributed by atoms with E-state index in [9.17, 15) is 4.79 Å². The maximum atomic E-state index is 12.0. The van der Waals surface area contributed by atoms with E-state index >= 15 is 0 Å². The van der Waals surface area contributed by atoms with Gasteiger partial charge < -0.3 is 4.90 Å². The quantitative estimate of drug-likeness (QED) is 0.857. The number of nitrogens with zero attached hydrogens (tertiary/aromatic N) is 3. The summed E-state index contributed by atoms with van der Waals surface area (Å²) in [5, 5.41) is 6.80. The van der Waals surface area contributed by atoms with Crippen molar-refractivity contribution in [3.05, 3.63) is 41.5 Å². The molecule has 2 aromatic rings. The van der Waals surface area contributed by atoms with Crippen LogP contribution in [0.5, 0.6) is 0 Å². The Balaban J connectivity index is 1.83. The van der Waals surface area contributed by atoms with E-state index in [1.54, 1.807) is 23.7 Å². The molecule has 0 aliphatic heterocycles. The number of carbonyl (C=O) groups excluding carboxylic acids is 1. The van der Waals surface area contributed by atoms with Gasteiger partial charge in [-0.2, -0.15) is 5.10 Å². The molecule has 0 fully saturated rings. The smallest absolute Gasteiger partial charge is 0.233 e. The van der Waals surface area contributed by atoms with Gasteiger partial charge in [-0.1, -0.05) is 17.7 Å². The number of carbonyl (C=O) groups is 1. The second kappa shape index (κ2) is 6.56. The van der Waals surface area contributed by atoms with E-state index < -0.39 is 0 Å². The molecule has 1 aromatic heterocycles.